The first-order valence-electron chi connectivity index (χ1n) is 1.62. The topological polar surface area (TPSA) is 0 Å². The van der Waals surface area contributed by atoms with Crippen LogP contribution in [-0.2, 0) is 0 Å². The normalized spacial score (nSPS) is 5.80. The number of rotatable bonds is 1. The van der Waals surface area contributed by atoms with Gasteiger partial charge in [0.05, 0.1) is 0 Å². The van der Waals surface area contributed by atoms with Gasteiger partial charge in [0.1, 0.15) is 16.3 Å². The zero-order valence-electron chi connectivity index (χ0n) is 4.99. The molecule has 0 fully saturated rings. The van der Waals surface area contributed by atoms with Gasteiger partial charge in [-0.1, -0.05) is 13.3 Å². The van der Waals surface area contributed by atoms with Gasteiger partial charge in [-0.15, -0.1) is 5.28 Å². The van der Waals surface area contributed by atoms with Gasteiger partial charge < -0.3 is 1.43 Å². The zero-order valence-corrected chi connectivity index (χ0v) is 5.15. The maximum Gasteiger partial charge on any atom is 1.00 e. The molecule has 0 aliphatic heterocycles. The molecular weight excluding hydrogens is 70.0 g/mol. The summed E-state index contributed by atoms with van der Waals surface area (Å²) in [5, 5.41) is 1.24. The van der Waals surface area contributed by atoms with Crippen LogP contribution in [0.5, 0.6) is 0 Å². The Morgan fingerprint density at radius 3 is 2.00 bits per heavy atom. The Hall–Kier alpha value is 1.13. The first-order chi connectivity index (χ1) is 1.91. The molecule has 0 nitrogen and oxygen atoms in total. The molecule has 0 unspecified atom stereocenters. The third-order valence-electron chi connectivity index (χ3n) is 0.289. The van der Waals surface area contributed by atoms with Gasteiger partial charge in [0.2, 0.25) is 0 Å². The molecule has 0 aromatic carbocycles. The quantitative estimate of drug-likeness (QED) is 0.321. The molecule has 0 saturated carbocycles. The van der Waals surface area contributed by atoms with Crippen molar-refractivity contribution >= 4 is 16.3 Å². The summed E-state index contributed by atoms with van der Waals surface area (Å²) in [6, 6.07) is 0. The minimum absolute atomic E-state index is 0. The molecule has 0 amide bonds. The molecule has 24 valence electrons. The van der Waals surface area contributed by atoms with Gasteiger partial charge in [-0.3, -0.25) is 0 Å². The van der Waals surface area contributed by atoms with Crippen LogP contribution in [0, 0.1) is 0 Å². The molecule has 2 heteroatoms. The van der Waals surface area contributed by atoms with Crippen molar-refractivity contribution in [2.75, 3.05) is 0 Å². The van der Waals surface area contributed by atoms with Gasteiger partial charge >= 0.3 is 18.9 Å². The molecule has 0 aliphatic carbocycles. The van der Waals surface area contributed by atoms with E-state index in [1.807, 2.05) is 0 Å². The van der Waals surface area contributed by atoms with Gasteiger partial charge in [0, 0.05) is 0 Å². The summed E-state index contributed by atoms with van der Waals surface area (Å²) in [5.74, 6) is 0. The van der Waals surface area contributed by atoms with Crippen LogP contribution in [0.3, 0.4) is 0 Å². The molecule has 0 aliphatic rings. The maximum absolute atomic E-state index is 2.66. The Kier molecular flexibility index (Phi) is 16.9. The van der Waals surface area contributed by atoms with Crippen molar-refractivity contribution in [3.63, 3.8) is 0 Å². The largest absolute Gasteiger partial charge is 1.00 e. The van der Waals surface area contributed by atoms with Crippen molar-refractivity contribution in [1.29, 1.82) is 0 Å². The average molecular weight is 78.0 g/mol. The SMILES string of the molecule is CC[CH2][Al].[H-].[Li+]. The first kappa shape index (κ1) is 9.46. The van der Waals surface area contributed by atoms with Crippen molar-refractivity contribution in [3.8, 4) is 0 Å². The predicted molar refractivity (Wildman–Crippen MR) is 22.0 cm³/mol. The average Bonchev–Trinajstić information content (AvgIpc) is 1.37. The third-order valence-corrected chi connectivity index (χ3v) is 0.866. The zero-order chi connectivity index (χ0) is 3.41. The maximum atomic E-state index is 2.66. The van der Waals surface area contributed by atoms with E-state index in [0.29, 0.717) is 0 Å². The standard InChI is InChI=1S/C3H7.Al.Li.H/c1-3-2;;;/h1,3H2,2H3;;;/q;;+1;-1. The molecule has 0 spiro atoms. The van der Waals surface area contributed by atoms with Gasteiger partial charge in [0.25, 0.3) is 0 Å². The van der Waals surface area contributed by atoms with Crippen molar-refractivity contribution in [2.45, 2.75) is 18.6 Å². The van der Waals surface area contributed by atoms with Crippen LogP contribution in [0.4, 0.5) is 0 Å². The Morgan fingerprint density at radius 1 is 1.80 bits per heavy atom. The van der Waals surface area contributed by atoms with Crippen LogP contribution >= 0.6 is 0 Å². The molecule has 0 atom stereocenters. The monoisotopic (exact) mass is 78.1 g/mol. The summed E-state index contributed by atoms with van der Waals surface area (Å²) in [5.41, 5.74) is 0. The number of hydrogen-bond acceptors (Lipinski definition) is 0. The van der Waals surface area contributed by atoms with Crippen LogP contribution in [0.25, 0.3) is 0 Å². The second kappa shape index (κ2) is 8.93. The molecule has 0 saturated heterocycles. The Balaban J connectivity index is -0.0000000450. The van der Waals surface area contributed by atoms with E-state index in [1.165, 1.54) is 11.7 Å². The van der Waals surface area contributed by atoms with E-state index in [4.69, 9.17) is 0 Å². The summed E-state index contributed by atoms with van der Waals surface area (Å²) in [4.78, 5) is 0. The smallest absolute Gasteiger partial charge is 1.00 e. The van der Waals surface area contributed by atoms with Crippen molar-refractivity contribution < 1.29 is 20.3 Å². The molecule has 0 aromatic rings. The van der Waals surface area contributed by atoms with Crippen molar-refractivity contribution in [1.82, 2.24) is 0 Å². The predicted octanol–water partition coefficient (Wildman–Crippen LogP) is -1.90. The van der Waals surface area contributed by atoms with Gasteiger partial charge in [-0.05, 0) is 0 Å². The van der Waals surface area contributed by atoms with E-state index < -0.39 is 0 Å². The van der Waals surface area contributed by atoms with E-state index in [9.17, 15) is 0 Å². The molecule has 0 N–H and O–H groups in total. The van der Waals surface area contributed by atoms with E-state index in [2.05, 4.69) is 23.2 Å². The number of hydrogen-bond donors (Lipinski definition) is 0. The second-order valence-corrected chi connectivity index (χ2v) is 1.37. The van der Waals surface area contributed by atoms with E-state index >= 15 is 0 Å². The summed E-state index contributed by atoms with van der Waals surface area (Å²) >= 11 is 2.66. The van der Waals surface area contributed by atoms with Crippen LogP contribution < -0.4 is 18.9 Å². The first-order valence-corrected chi connectivity index (χ1v) is 2.43. The Labute approximate surface area is 55.4 Å². The van der Waals surface area contributed by atoms with Gasteiger partial charge in [0.15, 0.2) is 0 Å². The van der Waals surface area contributed by atoms with E-state index in [1.54, 1.807) is 0 Å². The summed E-state index contributed by atoms with van der Waals surface area (Å²) in [7, 11) is 0. The molecule has 5 heavy (non-hydrogen) atoms. The van der Waals surface area contributed by atoms with Gasteiger partial charge in [-0.2, -0.15) is 0 Å². The third kappa shape index (κ3) is 11.1. The fourth-order valence-electron chi connectivity index (χ4n) is 0. The molecular formula is C3H8AlLi. The van der Waals surface area contributed by atoms with Crippen LogP contribution in [0.1, 0.15) is 14.8 Å². The molecule has 0 heterocycles. The fourth-order valence-corrected chi connectivity index (χ4v) is 0. The fraction of sp³-hybridized carbons (Fsp3) is 1.00. The minimum Gasteiger partial charge on any atom is -1.00 e. The molecule has 0 rings (SSSR count). The van der Waals surface area contributed by atoms with E-state index in [-0.39, 0.29) is 20.3 Å². The molecule has 0 aromatic heterocycles. The van der Waals surface area contributed by atoms with E-state index in [0.717, 1.165) is 0 Å². The van der Waals surface area contributed by atoms with Crippen molar-refractivity contribution in [2.24, 2.45) is 0 Å². The molecule has 2 radical (unpaired) electrons. The summed E-state index contributed by atoms with van der Waals surface area (Å²) < 4.78 is 0. The minimum atomic E-state index is 0. The van der Waals surface area contributed by atoms with Crippen molar-refractivity contribution in [3.05, 3.63) is 0 Å². The summed E-state index contributed by atoms with van der Waals surface area (Å²) in [6.45, 7) is 2.16. The Morgan fingerprint density at radius 2 is 2.00 bits per heavy atom. The second-order valence-electron chi connectivity index (χ2n) is 0.789. The summed E-state index contributed by atoms with van der Waals surface area (Å²) in [6.07, 6.45) is 1.28. The molecule has 0 bridgehead atoms. The van der Waals surface area contributed by atoms with Crippen LogP contribution in [0.2, 0.25) is 5.28 Å². The van der Waals surface area contributed by atoms with Gasteiger partial charge in [-0.25, -0.2) is 0 Å². The van der Waals surface area contributed by atoms with Crippen LogP contribution in [0.15, 0.2) is 0 Å². The van der Waals surface area contributed by atoms with Crippen LogP contribution in [-0.4, -0.2) is 16.3 Å². The Bertz CT molecular complexity index is 12.8.